The van der Waals surface area contributed by atoms with Crippen molar-refractivity contribution in [2.75, 3.05) is 11.9 Å². The quantitative estimate of drug-likeness (QED) is 0.741. The van der Waals surface area contributed by atoms with Gasteiger partial charge in [-0.25, -0.2) is 0 Å². The molecule has 1 aromatic heterocycles. The second-order valence-electron chi connectivity index (χ2n) is 4.89. The number of para-hydroxylation sites is 1. The Balaban J connectivity index is 2.30. The maximum Gasteiger partial charge on any atom is 0.0763 e. The van der Waals surface area contributed by atoms with Gasteiger partial charge in [0.1, 0.15) is 0 Å². The molecule has 0 aliphatic rings. The first-order chi connectivity index (χ1) is 7.46. The zero-order valence-corrected chi connectivity index (χ0v) is 9.96. The van der Waals surface area contributed by atoms with Crippen molar-refractivity contribution in [2.45, 2.75) is 26.4 Å². The second kappa shape index (κ2) is 3.83. The van der Waals surface area contributed by atoms with Crippen LogP contribution in [0.3, 0.4) is 0 Å². The van der Waals surface area contributed by atoms with Gasteiger partial charge in [-0.15, -0.1) is 0 Å². The highest BCUT2D eigenvalue weighted by molar-refractivity contribution is 5.91. The molecule has 3 nitrogen and oxygen atoms in total. The normalized spacial score (nSPS) is 12.0. The average molecular weight is 218 g/mol. The SMILES string of the molecule is Cc1cc2cccc(NCC(C)(C)O)c2[nH]1. The van der Waals surface area contributed by atoms with E-state index in [1.807, 2.05) is 19.1 Å². The fourth-order valence-electron chi connectivity index (χ4n) is 1.76. The van der Waals surface area contributed by atoms with Gasteiger partial charge in [-0.2, -0.15) is 0 Å². The minimum Gasteiger partial charge on any atom is -0.389 e. The molecule has 2 rings (SSSR count). The molecule has 0 saturated heterocycles. The Morgan fingerprint density at radius 1 is 1.38 bits per heavy atom. The van der Waals surface area contributed by atoms with Gasteiger partial charge in [-0.1, -0.05) is 12.1 Å². The molecule has 0 fully saturated rings. The fourth-order valence-corrected chi connectivity index (χ4v) is 1.76. The number of aliphatic hydroxyl groups is 1. The first-order valence-electron chi connectivity index (χ1n) is 5.50. The summed E-state index contributed by atoms with van der Waals surface area (Å²) in [7, 11) is 0. The third-order valence-electron chi connectivity index (χ3n) is 2.50. The van der Waals surface area contributed by atoms with Gasteiger partial charge >= 0.3 is 0 Å². The number of aryl methyl sites for hydroxylation is 1. The summed E-state index contributed by atoms with van der Waals surface area (Å²) in [6.45, 7) is 6.16. The average Bonchev–Trinajstić information content (AvgIpc) is 2.54. The van der Waals surface area contributed by atoms with E-state index in [-0.39, 0.29) is 0 Å². The van der Waals surface area contributed by atoms with Gasteiger partial charge in [-0.3, -0.25) is 0 Å². The van der Waals surface area contributed by atoms with Crippen LogP contribution in [0.1, 0.15) is 19.5 Å². The first kappa shape index (κ1) is 11.0. The van der Waals surface area contributed by atoms with E-state index in [9.17, 15) is 5.11 Å². The minimum absolute atomic E-state index is 0.532. The third kappa shape index (κ3) is 2.36. The number of H-pyrrole nitrogens is 1. The van der Waals surface area contributed by atoms with Gasteiger partial charge in [0.2, 0.25) is 0 Å². The van der Waals surface area contributed by atoms with Crippen molar-refractivity contribution in [1.82, 2.24) is 4.98 Å². The molecule has 0 unspecified atom stereocenters. The van der Waals surface area contributed by atoms with Crippen molar-refractivity contribution < 1.29 is 5.11 Å². The van der Waals surface area contributed by atoms with Crippen LogP contribution in [0.15, 0.2) is 24.3 Å². The summed E-state index contributed by atoms with van der Waals surface area (Å²) in [4.78, 5) is 3.32. The van der Waals surface area contributed by atoms with Crippen molar-refractivity contribution in [3.05, 3.63) is 30.0 Å². The Bertz CT molecular complexity index is 494. The molecule has 3 heteroatoms. The van der Waals surface area contributed by atoms with E-state index in [0.29, 0.717) is 6.54 Å². The molecule has 2 aromatic rings. The molecule has 1 heterocycles. The number of aromatic amines is 1. The largest absolute Gasteiger partial charge is 0.389 e. The molecule has 0 aliphatic carbocycles. The van der Waals surface area contributed by atoms with Gasteiger partial charge in [-0.05, 0) is 32.9 Å². The molecule has 0 amide bonds. The number of hydrogen-bond donors (Lipinski definition) is 3. The number of aromatic nitrogens is 1. The van der Waals surface area contributed by atoms with E-state index in [4.69, 9.17) is 0 Å². The second-order valence-corrected chi connectivity index (χ2v) is 4.89. The lowest BCUT2D eigenvalue weighted by Crippen LogP contribution is -2.29. The lowest BCUT2D eigenvalue weighted by atomic mass is 10.1. The highest BCUT2D eigenvalue weighted by atomic mass is 16.3. The molecule has 16 heavy (non-hydrogen) atoms. The van der Waals surface area contributed by atoms with E-state index in [0.717, 1.165) is 16.9 Å². The number of nitrogens with one attached hydrogen (secondary N) is 2. The van der Waals surface area contributed by atoms with E-state index in [2.05, 4.69) is 22.4 Å². The van der Waals surface area contributed by atoms with E-state index in [1.54, 1.807) is 13.8 Å². The number of anilines is 1. The summed E-state index contributed by atoms with van der Waals surface area (Å²) < 4.78 is 0. The van der Waals surface area contributed by atoms with Gasteiger partial charge < -0.3 is 15.4 Å². The molecule has 0 bridgehead atoms. The monoisotopic (exact) mass is 218 g/mol. The standard InChI is InChI=1S/C13H18N2O/c1-9-7-10-5-4-6-11(12(10)15-9)14-8-13(2,3)16/h4-7,14-16H,8H2,1-3H3. The summed E-state index contributed by atoms with van der Waals surface area (Å²) in [5.74, 6) is 0. The van der Waals surface area contributed by atoms with Crippen molar-refractivity contribution in [3.8, 4) is 0 Å². The van der Waals surface area contributed by atoms with Gasteiger partial charge in [0.25, 0.3) is 0 Å². The van der Waals surface area contributed by atoms with Crippen LogP contribution in [-0.4, -0.2) is 22.2 Å². The number of fused-ring (bicyclic) bond motifs is 1. The van der Waals surface area contributed by atoms with Gasteiger partial charge in [0.05, 0.1) is 16.8 Å². The highest BCUT2D eigenvalue weighted by Crippen LogP contribution is 2.23. The van der Waals surface area contributed by atoms with Crippen molar-refractivity contribution in [1.29, 1.82) is 0 Å². The molecule has 0 atom stereocenters. The first-order valence-corrected chi connectivity index (χ1v) is 5.50. The predicted molar refractivity (Wildman–Crippen MR) is 67.8 cm³/mol. The molecule has 0 radical (unpaired) electrons. The van der Waals surface area contributed by atoms with Crippen LogP contribution in [0.2, 0.25) is 0 Å². The molecular weight excluding hydrogens is 200 g/mol. The summed E-state index contributed by atoms with van der Waals surface area (Å²) in [6, 6.07) is 8.23. The lowest BCUT2D eigenvalue weighted by Gasteiger charge is -2.18. The van der Waals surface area contributed by atoms with Crippen LogP contribution in [0.25, 0.3) is 10.9 Å². The third-order valence-corrected chi connectivity index (χ3v) is 2.50. The van der Waals surface area contributed by atoms with Crippen molar-refractivity contribution in [3.63, 3.8) is 0 Å². The molecule has 0 saturated carbocycles. The smallest absolute Gasteiger partial charge is 0.0763 e. The Kier molecular flexibility index (Phi) is 2.64. The van der Waals surface area contributed by atoms with Crippen LogP contribution in [0.4, 0.5) is 5.69 Å². The lowest BCUT2D eigenvalue weighted by molar-refractivity contribution is 0.0945. The van der Waals surface area contributed by atoms with Crippen LogP contribution in [0.5, 0.6) is 0 Å². The van der Waals surface area contributed by atoms with Crippen LogP contribution in [-0.2, 0) is 0 Å². The molecule has 1 aromatic carbocycles. The molecular formula is C13H18N2O. The van der Waals surface area contributed by atoms with E-state index >= 15 is 0 Å². The maximum atomic E-state index is 9.68. The van der Waals surface area contributed by atoms with Crippen LogP contribution in [0, 0.1) is 6.92 Å². The molecule has 86 valence electrons. The number of benzene rings is 1. The summed E-state index contributed by atoms with van der Waals surface area (Å²) in [5.41, 5.74) is 2.58. The topological polar surface area (TPSA) is 48.0 Å². The fraction of sp³-hybridized carbons (Fsp3) is 0.385. The van der Waals surface area contributed by atoms with Gasteiger partial charge in [0, 0.05) is 17.6 Å². The van der Waals surface area contributed by atoms with Crippen LogP contribution < -0.4 is 5.32 Å². The Morgan fingerprint density at radius 3 is 2.81 bits per heavy atom. The number of rotatable bonds is 3. The van der Waals surface area contributed by atoms with E-state index < -0.39 is 5.60 Å². The Hall–Kier alpha value is -1.48. The molecule has 0 aliphatic heterocycles. The highest BCUT2D eigenvalue weighted by Gasteiger charge is 2.12. The molecule has 0 spiro atoms. The van der Waals surface area contributed by atoms with Gasteiger partial charge in [0.15, 0.2) is 0 Å². The predicted octanol–water partition coefficient (Wildman–Crippen LogP) is 2.66. The summed E-state index contributed by atoms with van der Waals surface area (Å²) in [5, 5.41) is 14.1. The summed E-state index contributed by atoms with van der Waals surface area (Å²) >= 11 is 0. The van der Waals surface area contributed by atoms with E-state index in [1.165, 1.54) is 5.39 Å². The maximum absolute atomic E-state index is 9.68. The Labute approximate surface area is 95.5 Å². The minimum atomic E-state index is -0.705. The molecule has 3 N–H and O–H groups in total. The number of hydrogen-bond acceptors (Lipinski definition) is 2. The zero-order chi connectivity index (χ0) is 11.8. The zero-order valence-electron chi connectivity index (χ0n) is 9.96. The van der Waals surface area contributed by atoms with Crippen LogP contribution >= 0.6 is 0 Å². The van der Waals surface area contributed by atoms with Crippen molar-refractivity contribution >= 4 is 16.6 Å². The Morgan fingerprint density at radius 2 is 2.12 bits per heavy atom. The van der Waals surface area contributed by atoms with Crippen molar-refractivity contribution in [2.24, 2.45) is 0 Å². The summed E-state index contributed by atoms with van der Waals surface area (Å²) in [6.07, 6.45) is 0.